The van der Waals surface area contributed by atoms with E-state index in [0.717, 1.165) is 5.56 Å². The van der Waals surface area contributed by atoms with Gasteiger partial charge in [-0.3, -0.25) is 4.98 Å². The van der Waals surface area contributed by atoms with Crippen molar-refractivity contribution in [2.45, 2.75) is 12.6 Å². The van der Waals surface area contributed by atoms with E-state index in [9.17, 15) is 5.11 Å². The third-order valence-electron chi connectivity index (χ3n) is 2.17. The highest BCUT2D eigenvalue weighted by Crippen LogP contribution is 1.94. The Labute approximate surface area is 102 Å². The summed E-state index contributed by atoms with van der Waals surface area (Å²) in [6.07, 6.45) is 3.04. The van der Waals surface area contributed by atoms with Crippen LogP contribution in [0.15, 0.2) is 24.5 Å². The van der Waals surface area contributed by atoms with E-state index in [1.165, 1.54) is 0 Å². The number of aromatic nitrogens is 1. The molecule has 0 fully saturated rings. The van der Waals surface area contributed by atoms with Crippen LogP contribution in [0.1, 0.15) is 5.56 Å². The van der Waals surface area contributed by atoms with Gasteiger partial charge in [0.25, 0.3) is 0 Å². The van der Waals surface area contributed by atoms with E-state index in [-0.39, 0.29) is 0 Å². The second-order valence-electron chi connectivity index (χ2n) is 3.71. The molecule has 0 saturated carbocycles. The zero-order valence-corrected chi connectivity index (χ0v) is 10.1. The number of hydrogen-bond donors (Lipinski definition) is 2. The molecule has 1 aromatic rings. The largest absolute Gasteiger partial charge is 0.389 e. The van der Waals surface area contributed by atoms with E-state index in [1.807, 2.05) is 12.1 Å². The molecule has 1 rings (SSSR count). The first-order valence-corrected chi connectivity index (χ1v) is 5.67. The van der Waals surface area contributed by atoms with Crippen molar-refractivity contribution in [3.05, 3.63) is 30.1 Å². The fraction of sp³-hybridized carbons (Fsp3) is 0.583. The summed E-state index contributed by atoms with van der Waals surface area (Å²) < 4.78 is 10.0. The molecule has 1 atom stereocenters. The summed E-state index contributed by atoms with van der Waals surface area (Å²) in [7, 11) is 1.62. The molecule has 1 heterocycles. The Morgan fingerprint density at radius 3 is 3.06 bits per heavy atom. The number of nitrogens with zero attached hydrogens (tertiary/aromatic N) is 1. The Bertz CT molecular complexity index is 282. The lowest BCUT2D eigenvalue weighted by atomic mass is 10.3. The van der Waals surface area contributed by atoms with Gasteiger partial charge >= 0.3 is 0 Å². The molecule has 0 amide bonds. The fourth-order valence-corrected chi connectivity index (χ4v) is 1.31. The standard InChI is InChI=1S/C12H20N2O3/c1-16-5-6-17-10-12(15)9-14-8-11-3-2-4-13-7-11/h2-4,7,12,14-15H,5-6,8-10H2,1H3. The van der Waals surface area contributed by atoms with E-state index in [2.05, 4.69) is 10.3 Å². The molecule has 5 heteroatoms. The summed E-state index contributed by atoms with van der Waals surface area (Å²) in [6.45, 7) is 2.58. The minimum absolute atomic E-state index is 0.323. The first kappa shape index (κ1) is 14.1. The van der Waals surface area contributed by atoms with E-state index >= 15 is 0 Å². The summed E-state index contributed by atoms with van der Waals surface area (Å²) in [6, 6.07) is 3.88. The summed E-state index contributed by atoms with van der Waals surface area (Å²) in [5.41, 5.74) is 1.10. The van der Waals surface area contributed by atoms with Crippen molar-refractivity contribution in [1.29, 1.82) is 0 Å². The van der Waals surface area contributed by atoms with Crippen LogP contribution in [0.25, 0.3) is 0 Å². The predicted octanol–water partition coefficient (Wildman–Crippen LogP) is 0.195. The van der Waals surface area contributed by atoms with Crippen LogP contribution < -0.4 is 5.32 Å². The molecule has 2 N–H and O–H groups in total. The van der Waals surface area contributed by atoms with Gasteiger partial charge in [-0.1, -0.05) is 6.07 Å². The third kappa shape index (κ3) is 7.01. The number of ether oxygens (including phenoxy) is 2. The van der Waals surface area contributed by atoms with Gasteiger partial charge in [-0.25, -0.2) is 0 Å². The molecule has 5 nitrogen and oxygen atoms in total. The van der Waals surface area contributed by atoms with Gasteiger partial charge in [-0.05, 0) is 11.6 Å². The van der Waals surface area contributed by atoms with Gasteiger partial charge < -0.3 is 19.9 Å². The Morgan fingerprint density at radius 2 is 2.35 bits per heavy atom. The Hall–Kier alpha value is -1.01. The number of aliphatic hydroxyl groups is 1. The molecule has 1 aromatic heterocycles. The van der Waals surface area contributed by atoms with E-state index in [4.69, 9.17) is 9.47 Å². The lowest BCUT2D eigenvalue weighted by Gasteiger charge is -2.12. The third-order valence-corrected chi connectivity index (χ3v) is 2.17. The fourth-order valence-electron chi connectivity index (χ4n) is 1.31. The molecular formula is C12H20N2O3. The van der Waals surface area contributed by atoms with Gasteiger partial charge in [-0.2, -0.15) is 0 Å². The molecule has 0 aliphatic heterocycles. The van der Waals surface area contributed by atoms with Gasteiger partial charge in [0.05, 0.1) is 25.9 Å². The highest BCUT2D eigenvalue weighted by atomic mass is 16.5. The second kappa shape index (κ2) is 9.07. The molecule has 0 radical (unpaired) electrons. The van der Waals surface area contributed by atoms with Crippen molar-refractivity contribution in [3.8, 4) is 0 Å². The van der Waals surface area contributed by atoms with Crippen molar-refractivity contribution in [3.63, 3.8) is 0 Å². The van der Waals surface area contributed by atoms with Gasteiger partial charge in [0, 0.05) is 32.6 Å². The normalized spacial score (nSPS) is 12.6. The highest BCUT2D eigenvalue weighted by Gasteiger charge is 2.03. The summed E-state index contributed by atoms with van der Waals surface area (Å²) in [5.74, 6) is 0. The van der Waals surface area contributed by atoms with Crippen molar-refractivity contribution >= 4 is 0 Å². The average molecular weight is 240 g/mol. The number of aliphatic hydroxyl groups excluding tert-OH is 1. The smallest absolute Gasteiger partial charge is 0.0897 e. The van der Waals surface area contributed by atoms with E-state index < -0.39 is 6.10 Å². The Kier molecular flexibility index (Phi) is 7.49. The molecule has 0 bridgehead atoms. The van der Waals surface area contributed by atoms with Crippen molar-refractivity contribution in [2.24, 2.45) is 0 Å². The minimum atomic E-state index is -0.497. The van der Waals surface area contributed by atoms with Crippen LogP contribution in [0.5, 0.6) is 0 Å². The average Bonchev–Trinajstić information content (AvgIpc) is 2.36. The lowest BCUT2D eigenvalue weighted by Crippen LogP contribution is -2.30. The first-order chi connectivity index (χ1) is 8.33. The van der Waals surface area contributed by atoms with Gasteiger partial charge in [0.1, 0.15) is 0 Å². The van der Waals surface area contributed by atoms with Crippen LogP contribution in [0.2, 0.25) is 0 Å². The SMILES string of the molecule is COCCOCC(O)CNCc1cccnc1. The quantitative estimate of drug-likeness (QED) is 0.604. The zero-order valence-electron chi connectivity index (χ0n) is 10.1. The van der Waals surface area contributed by atoms with E-state index in [1.54, 1.807) is 19.5 Å². The van der Waals surface area contributed by atoms with Crippen molar-refractivity contribution in [2.75, 3.05) is 33.5 Å². The molecule has 0 aliphatic rings. The highest BCUT2D eigenvalue weighted by molar-refractivity contribution is 5.07. The summed E-state index contributed by atoms with van der Waals surface area (Å²) in [5, 5.41) is 12.7. The molecular weight excluding hydrogens is 220 g/mol. The van der Waals surface area contributed by atoms with Crippen LogP contribution in [-0.2, 0) is 16.0 Å². The maximum Gasteiger partial charge on any atom is 0.0897 e. The van der Waals surface area contributed by atoms with Crippen molar-refractivity contribution < 1.29 is 14.6 Å². The van der Waals surface area contributed by atoms with E-state index in [0.29, 0.717) is 32.9 Å². The predicted molar refractivity (Wildman–Crippen MR) is 64.6 cm³/mol. The number of methoxy groups -OCH3 is 1. The maximum absolute atomic E-state index is 9.58. The van der Waals surface area contributed by atoms with Crippen LogP contribution in [0.3, 0.4) is 0 Å². The number of hydrogen-bond acceptors (Lipinski definition) is 5. The number of nitrogens with one attached hydrogen (secondary N) is 1. The van der Waals surface area contributed by atoms with Gasteiger partial charge in [-0.15, -0.1) is 0 Å². The number of pyridine rings is 1. The molecule has 0 aromatic carbocycles. The maximum atomic E-state index is 9.58. The summed E-state index contributed by atoms with van der Waals surface area (Å²) >= 11 is 0. The van der Waals surface area contributed by atoms with Crippen LogP contribution in [0.4, 0.5) is 0 Å². The molecule has 0 spiro atoms. The molecule has 96 valence electrons. The Balaban J connectivity index is 2.02. The van der Waals surface area contributed by atoms with Gasteiger partial charge in [0.2, 0.25) is 0 Å². The molecule has 0 saturated heterocycles. The Morgan fingerprint density at radius 1 is 1.47 bits per heavy atom. The van der Waals surface area contributed by atoms with Gasteiger partial charge in [0.15, 0.2) is 0 Å². The molecule has 0 aliphatic carbocycles. The molecule has 17 heavy (non-hydrogen) atoms. The van der Waals surface area contributed by atoms with Crippen LogP contribution in [-0.4, -0.2) is 49.7 Å². The minimum Gasteiger partial charge on any atom is -0.389 e. The molecule has 1 unspecified atom stereocenters. The second-order valence-corrected chi connectivity index (χ2v) is 3.71. The summed E-state index contributed by atoms with van der Waals surface area (Å²) in [4.78, 5) is 4.01. The zero-order chi connectivity index (χ0) is 12.3. The topological polar surface area (TPSA) is 63.6 Å². The van der Waals surface area contributed by atoms with Crippen LogP contribution >= 0.6 is 0 Å². The number of rotatable bonds is 9. The first-order valence-electron chi connectivity index (χ1n) is 5.67. The monoisotopic (exact) mass is 240 g/mol. The van der Waals surface area contributed by atoms with Crippen LogP contribution in [0, 0.1) is 0 Å². The van der Waals surface area contributed by atoms with Crippen molar-refractivity contribution in [1.82, 2.24) is 10.3 Å². The lowest BCUT2D eigenvalue weighted by molar-refractivity contribution is 0.0137.